The Kier molecular flexibility index (Phi) is 8.04. The van der Waals surface area contributed by atoms with E-state index in [1.807, 2.05) is 29.6 Å². The van der Waals surface area contributed by atoms with E-state index in [2.05, 4.69) is 20.4 Å². The highest BCUT2D eigenvalue weighted by atomic mass is 32.1. The molecule has 2 amide bonds. The van der Waals surface area contributed by atoms with Crippen molar-refractivity contribution in [2.75, 3.05) is 11.9 Å². The van der Waals surface area contributed by atoms with Crippen molar-refractivity contribution in [1.29, 1.82) is 0 Å². The molecule has 1 heterocycles. The maximum Gasteiger partial charge on any atom is 0.387 e. The van der Waals surface area contributed by atoms with Gasteiger partial charge in [-0.25, -0.2) is 4.98 Å². The number of aromatic nitrogens is 1. The molecule has 2 aromatic carbocycles. The van der Waals surface area contributed by atoms with Crippen LogP contribution in [0.2, 0.25) is 0 Å². The molecule has 0 aliphatic rings. The van der Waals surface area contributed by atoms with Crippen LogP contribution in [0.1, 0.15) is 18.1 Å². The van der Waals surface area contributed by atoms with Crippen LogP contribution in [-0.4, -0.2) is 30.0 Å². The van der Waals surface area contributed by atoms with E-state index in [1.165, 1.54) is 36.5 Å². The number of hydrogen-bond acceptors (Lipinski definition) is 5. The quantitative estimate of drug-likeness (QED) is 0.455. The van der Waals surface area contributed by atoms with Crippen LogP contribution in [0.5, 0.6) is 5.75 Å². The largest absolute Gasteiger partial charge is 0.434 e. The minimum absolute atomic E-state index is 0.0105. The molecule has 9 heteroatoms. The van der Waals surface area contributed by atoms with Gasteiger partial charge in [0.05, 0.1) is 5.69 Å². The number of para-hydroxylation sites is 1. The zero-order chi connectivity index (χ0) is 22.9. The van der Waals surface area contributed by atoms with Crippen LogP contribution in [0.3, 0.4) is 0 Å². The zero-order valence-corrected chi connectivity index (χ0v) is 18.0. The number of alkyl halides is 2. The Labute approximate surface area is 188 Å². The number of ether oxygens (including phenoxy) is 1. The van der Waals surface area contributed by atoms with Crippen LogP contribution in [0.25, 0.3) is 17.3 Å². The van der Waals surface area contributed by atoms with E-state index in [0.29, 0.717) is 17.2 Å². The molecule has 3 rings (SSSR count). The summed E-state index contributed by atoms with van der Waals surface area (Å²) in [7, 11) is 0. The summed E-state index contributed by atoms with van der Waals surface area (Å²) in [6, 6.07) is 14.0. The molecule has 166 valence electrons. The van der Waals surface area contributed by atoms with E-state index >= 15 is 0 Å². The molecule has 0 fully saturated rings. The average molecular weight is 458 g/mol. The summed E-state index contributed by atoms with van der Waals surface area (Å²) in [6.07, 6.45) is 3.37. The number of halogens is 2. The maximum atomic E-state index is 12.5. The van der Waals surface area contributed by atoms with Crippen molar-refractivity contribution in [1.82, 2.24) is 10.3 Å². The van der Waals surface area contributed by atoms with Crippen LogP contribution in [0, 0.1) is 0 Å². The lowest BCUT2D eigenvalue weighted by Gasteiger charge is -2.07. The maximum absolute atomic E-state index is 12.5. The summed E-state index contributed by atoms with van der Waals surface area (Å²) in [6.45, 7) is -0.884. The topological polar surface area (TPSA) is 80.3 Å². The molecule has 0 saturated heterocycles. The fourth-order valence-corrected chi connectivity index (χ4v) is 3.55. The molecule has 3 aromatic rings. The van der Waals surface area contributed by atoms with Crippen LogP contribution < -0.4 is 15.4 Å². The lowest BCUT2D eigenvalue weighted by atomic mass is 10.1. The summed E-state index contributed by atoms with van der Waals surface area (Å²) < 4.78 is 29.4. The van der Waals surface area contributed by atoms with E-state index < -0.39 is 12.5 Å². The van der Waals surface area contributed by atoms with Gasteiger partial charge in [0.25, 0.3) is 0 Å². The van der Waals surface area contributed by atoms with Crippen molar-refractivity contribution in [2.24, 2.45) is 0 Å². The number of carbonyl (C=O) groups excluding carboxylic acids is 2. The second kappa shape index (κ2) is 11.1. The standard InChI is InChI=1S/C23H21F2N3O3S/c1-15(29)26-13-12-16-6-8-17(9-7-16)19-14-32-23(27-19)28-21(30)11-10-18-4-2-3-5-20(18)31-22(24)25/h2-11,14,22H,12-13H2,1H3,(H,26,29)(H,27,28,30)/b11-10+. The summed E-state index contributed by atoms with van der Waals surface area (Å²) in [4.78, 5) is 27.6. The van der Waals surface area contributed by atoms with E-state index in [0.717, 1.165) is 23.2 Å². The lowest BCUT2D eigenvalue weighted by Crippen LogP contribution is -2.22. The molecule has 2 N–H and O–H groups in total. The van der Waals surface area contributed by atoms with Gasteiger partial charge in [0.1, 0.15) is 5.75 Å². The molecule has 32 heavy (non-hydrogen) atoms. The molecule has 0 atom stereocenters. The van der Waals surface area contributed by atoms with E-state index in [4.69, 9.17) is 0 Å². The van der Waals surface area contributed by atoms with Crippen LogP contribution in [-0.2, 0) is 16.0 Å². The smallest absolute Gasteiger partial charge is 0.387 e. The highest BCUT2D eigenvalue weighted by Gasteiger charge is 2.09. The molecule has 0 unspecified atom stereocenters. The van der Waals surface area contributed by atoms with Crippen LogP contribution >= 0.6 is 11.3 Å². The van der Waals surface area contributed by atoms with Crippen LogP contribution in [0.15, 0.2) is 60.0 Å². The first-order chi connectivity index (χ1) is 15.4. The number of rotatable bonds is 9. The molecule has 0 aliphatic heterocycles. The average Bonchev–Trinajstić information content (AvgIpc) is 3.21. The molecule has 6 nitrogen and oxygen atoms in total. The Morgan fingerprint density at radius 1 is 1.16 bits per heavy atom. The SMILES string of the molecule is CC(=O)NCCc1ccc(-c2csc(NC(=O)/C=C/c3ccccc3OC(F)F)n2)cc1. The van der Waals surface area contributed by atoms with Crippen molar-refractivity contribution < 1.29 is 23.1 Å². The number of hydrogen-bond donors (Lipinski definition) is 2. The zero-order valence-electron chi connectivity index (χ0n) is 17.2. The summed E-state index contributed by atoms with van der Waals surface area (Å²) in [5.41, 5.74) is 3.07. The number of carbonyl (C=O) groups is 2. The first kappa shape index (κ1) is 23.1. The summed E-state index contributed by atoms with van der Waals surface area (Å²) in [5, 5.41) is 7.67. The summed E-state index contributed by atoms with van der Waals surface area (Å²) in [5.74, 6) is -0.506. The number of thiazole rings is 1. The third-order valence-electron chi connectivity index (χ3n) is 4.32. The van der Waals surface area contributed by atoms with E-state index in [9.17, 15) is 18.4 Å². The molecule has 0 radical (unpaired) electrons. The van der Waals surface area contributed by atoms with Crippen molar-refractivity contribution >= 4 is 34.4 Å². The van der Waals surface area contributed by atoms with Gasteiger partial charge in [0.15, 0.2) is 5.13 Å². The van der Waals surface area contributed by atoms with Gasteiger partial charge in [-0.1, -0.05) is 42.5 Å². The van der Waals surface area contributed by atoms with Crippen molar-refractivity contribution in [2.45, 2.75) is 20.0 Å². The Morgan fingerprint density at radius 2 is 1.91 bits per heavy atom. The Bertz CT molecular complexity index is 1100. The lowest BCUT2D eigenvalue weighted by molar-refractivity contribution is -0.119. The molecular weight excluding hydrogens is 436 g/mol. The minimum atomic E-state index is -2.95. The van der Waals surface area contributed by atoms with Gasteiger partial charge >= 0.3 is 6.61 Å². The first-order valence-electron chi connectivity index (χ1n) is 9.73. The van der Waals surface area contributed by atoms with E-state index in [1.54, 1.807) is 18.2 Å². The number of amides is 2. The fraction of sp³-hybridized carbons (Fsp3) is 0.174. The molecule has 0 aliphatic carbocycles. The number of nitrogens with zero attached hydrogens (tertiary/aromatic N) is 1. The van der Waals surface area contributed by atoms with Crippen molar-refractivity contribution in [3.05, 3.63) is 71.1 Å². The predicted octanol–water partition coefficient (Wildman–Crippen LogP) is 4.74. The second-order valence-corrected chi connectivity index (χ2v) is 7.56. The fourth-order valence-electron chi connectivity index (χ4n) is 2.82. The molecule has 0 spiro atoms. The number of anilines is 1. The highest BCUT2D eigenvalue weighted by Crippen LogP contribution is 2.26. The second-order valence-electron chi connectivity index (χ2n) is 6.71. The normalized spacial score (nSPS) is 11.0. The van der Waals surface area contributed by atoms with Crippen molar-refractivity contribution in [3.63, 3.8) is 0 Å². The molecule has 0 bridgehead atoms. The van der Waals surface area contributed by atoms with Gasteiger partial charge in [0.2, 0.25) is 11.8 Å². The van der Waals surface area contributed by atoms with Gasteiger partial charge in [-0.15, -0.1) is 11.3 Å². The van der Waals surface area contributed by atoms with Crippen LogP contribution in [0.4, 0.5) is 13.9 Å². The Balaban J connectivity index is 1.59. The molecule has 1 aromatic heterocycles. The van der Waals surface area contributed by atoms with Gasteiger partial charge in [-0.2, -0.15) is 8.78 Å². The number of benzene rings is 2. The first-order valence-corrected chi connectivity index (χ1v) is 10.6. The Hall–Kier alpha value is -3.59. The van der Waals surface area contributed by atoms with Gasteiger partial charge in [0, 0.05) is 36.1 Å². The van der Waals surface area contributed by atoms with Gasteiger partial charge < -0.3 is 10.1 Å². The van der Waals surface area contributed by atoms with Gasteiger partial charge in [-0.3, -0.25) is 14.9 Å². The summed E-state index contributed by atoms with van der Waals surface area (Å²) >= 11 is 1.28. The Morgan fingerprint density at radius 3 is 2.62 bits per heavy atom. The minimum Gasteiger partial charge on any atom is -0.434 e. The predicted molar refractivity (Wildman–Crippen MR) is 121 cm³/mol. The molecular formula is C23H21F2N3O3S. The third-order valence-corrected chi connectivity index (χ3v) is 5.08. The highest BCUT2D eigenvalue weighted by molar-refractivity contribution is 7.14. The number of nitrogens with one attached hydrogen (secondary N) is 2. The monoisotopic (exact) mass is 457 g/mol. The molecule has 0 saturated carbocycles. The van der Waals surface area contributed by atoms with E-state index in [-0.39, 0.29) is 11.7 Å². The third kappa shape index (κ3) is 6.98. The van der Waals surface area contributed by atoms with Crippen molar-refractivity contribution in [3.8, 4) is 17.0 Å². The van der Waals surface area contributed by atoms with Gasteiger partial charge in [-0.05, 0) is 24.1 Å².